The second-order valence-corrected chi connectivity index (χ2v) is 8.65. The fourth-order valence-electron chi connectivity index (χ4n) is 4.84. The summed E-state index contributed by atoms with van der Waals surface area (Å²) in [6.45, 7) is 3.39. The molecule has 146 valence electrons. The van der Waals surface area contributed by atoms with Gasteiger partial charge in [0, 0.05) is 12.4 Å². The summed E-state index contributed by atoms with van der Waals surface area (Å²) >= 11 is 6.11. The Hall–Kier alpha value is -1.59. The minimum Gasteiger partial charge on any atom is -0.349 e. The zero-order valence-electron chi connectivity index (χ0n) is 16.0. The van der Waals surface area contributed by atoms with Crippen LogP contribution in [0.25, 0.3) is 5.65 Å². The molecule has 2 atom stereocenters. The van der Waals surface area contributed by atoms with Gasteiger partial charge in [0.25, 0.3) is 0 Å². The molecule has 2 N–H and O–H groups in total. The van der Waals surface area contributed by atoms with Gasteiger partial charge in [-0.05, 0) is 49.8 Å². The van der Waals surface area contributed by atoms with Crippen LogP contribution in [-0.4, -0.2) is 27.9 Å². The van der Waals surface area contributed by atoms with Crippen LogP contribution in [0.5, 0.6) is 0 Å². The monoisotopic (exact) mass is 388 g/mol. The second kappa shape index (κ2) is 8.19. The lowest BCUT2D eigenvalue weighted by atomic mass is 9.74. The topological polar surface area (TPSA) is 58.4 Å². The normalized spacial score (nSPS) is 24.2. The first-order chi connectivity index (χ1) is 13.1. The summed E-state index contributed by atoms with van der Waals surface area (Å²) in [5.41, 5.74) is 2.77. The first-order valence-corrected chi connectivity index (χ1v) is 10.6. The molecule has 0 bridgehead atoms. The van der Waals surface area contributed by atoms with Crippen molar-refractivity contribution in [3.8, 4) is 0 Å². The Labute approximate surface area is 165 Å². The van der Waals surface area contributed by atoms with E-state index in [-0.39, 0.29) is 11.9 Å². The summed E-state index contributed by atoms with van der Waals surface area (Å²) in [5.74, 6) is 1.62. The number of amides is 1. The van der Waals surface area contributed by atoms with Gasteiger partial charge in [0.15, 0.2) is 0 Å². The molecule has 5 nitrogen and oxygen atoms in total. The molecule has 2 aromatic heterocycles. The molecule has 4 rings (SSSR count). The van der Waals surface area contributed by atoms with E-state index in [4.69, 9.17) is 11.6 Å². The number of aromatic nitrogens is 2. The molecule has 2 aromatic rings. The fraction of sp³-hybridized carbons (Fsp3) is 0.619. The van der Waals surface area contributed by atoms with Crippen LogP contribution in [0.4, 0.5) is 0 Å². The predicted octanol–water partition coefficient (Wildman–Crippen LogP) is 3.86. The molecule has 1 aliphatic carbocycles. The number of aryl methyl sites for hydroxylation is 1. The van der Waals surface area contributed by atoms with Gasteiger partial charge in [-0.3, -0.25) is 4.79 Å². The van der Waals surface area contributed by atoms with E-state index in [1.807, 2.05) is 29.8 Å². The molecule has 2 unspecified atom stereocenters. The van der Waals surface area contributed by atoms with E-state index >= 15 is 0 Å². The summed E-state index contributed by atoms with van der Waals surface area (Å²) in [4.78, 5) is 17.3. The lowest BCUT2D eigenvalue weighted by molar-refractivity contribution is -0.124. The molecular formula is C21H29ClN4O. The third-order valence-electron chi connectivity index (χ3n) is 6.27. The van der Waals surface area contributed by atoms with Crippen LogP contribution in [0.1, 0.15) is 56.2 Å². The van der Waals surface area contributed by atoms with Crippen molar-refractivity contribution in [2.75, 3.05) is 6.54 Å². The first kappa shape index (κ1) is 18.8. The maximum Gasteiger partial charge on any atom is 0.237 e. The third-order valence-corrected chi connectivity index (χ3v) is 6.48. The Bertz CT molecular complexity index is 812. The predicted molar refractivity (Wildman–Crippen MR) is 108 cm³/mol. The highest BCUT2D eigenvalue weighted by atomic mass is 35.5. The van der Waals surface area contributed by atoms with E-state index in [1.165, 1.54) is 38.5 Å². The van der Waals surface area contributed by atoms with Gasteiger partial charge in [0.1, 0.15) is 5.65 Å². The maximum absolute atomic E-state index is 12.7. The fourth-order valence-corrected chi connectivity index (χ4v) is 5.11. The van der Waals surface area contributed by atoms with Crippen molar-refractivity contribution < 1.29 is 4.79 Å². The average Bonchev–Trinajstić information content (AvgIpc) is 3.10. The van der Waals surface area contributed by atoms with Gasteiger partial charge >= 0.3 is 0 Å². The molecule has 27 heavy (non-hydrogen) atoms. The number of carbonyl (C=O) groups is 1. The number of carbonyl (C=O) groups excluding carboxylic acids is 1. The van der Waals surface area contributed by atoms with Gasteiger partial charge < -0.3 is 15.0 Å². The molecule has 3 heterocycles. The molecule has 0 aromatic carbocycles. The summed E-state index contributed by atoms with van der Waals surface area (Å²) in [6, 6.07) is 1.84. The second-order valence-electron chi connectivity index (χ2n) is 8.21. The zero-order valence-corrected chi connectivity index (χ0v) is 16.8. The highest BCUT2D eigenvalue weighted by molar-refractivity contribution is 6.30. The molecule has 6 heteroatoms. The Morgan fingerprint density at radius 2 is 2.07 bits per heavy atom. The van der Waals surface area contributed by atoms with Gasteiger partial charge in [-0.2, -0.15) is 0 Å². The standard InChI is InChI=1S/C21H29ClN4O/c1-14-9-17(22)12-26-13-18(25-20(14)26)11-24-21(27)19-10-16(7-8-23-19)15-5-3-2-4-6-15/h9,12-13,15-16,19,23H,2-8,10-11H2,1H3,(H,24,27). The lowest BCUT2D eigenvalue weighted by Gasteiger charge is -2.36. The highest BCUT2D eigenvalue weighted by Crippen LogP contribution is 2.35. The summed E-state index contributed by atoms with van der Waals surface area (Å²) in [5, 5.41) is 7.18. The Kier molecular flexibility index (Phi) is 5.69. The van der Waals surface area contributed by atoms with Crippen molar-refractivity contribution in [1.82, 2.24) is 20.0 Å². The molecule has 0 radical (unpaired) electrons. The summed E-state index contributed by atoms with van der Waals surface area (Å²) < 4.78 is 1.93. The number of halogens is 1. The minimum atomic E-state index is -0.0705. The largest absolute Gasteiger partial charge is 0.349 e. The molecule has 1 saturated heterocycles. The maximum atomic E-state index is 12.7. The van der Waals surface area contributed by atoms with Crippen LogP contribution < -0.4 is 10.6 Å². The van der Waals surface area contributed by atoms with E-state index in [0.29, 0.717) is 17.5 Å². The van der Waals surface area contributed by atoms with Crippen molar-refractivity contribution in [2.24, 2.45) is 11.8 Å². The lowest BCUT2D eigenvalue weighted by Crippen LogP contribution is -2.49. The van der Waals surface area contributed by atoms with Crippen LogP contribution in [0.2, 0.25) is 5.02 Å². The van der Waals surface area contributed by atoms with E-state index in [0.717, 1.165) is 35.8 Å². The molecule has 0 spiro atoms. The number of fused-ring (bicyclic) bond motifs is 1. The molecule has 1 aliphatic heterocycles. The molecule has 2 fully saturated rings. The van der Waals surface area contributed by atoms with Crippen LogP contribution in [0, 0.1) is 18.8 Å². The molecular weight excluding hydrogens is 360 g/mol. The van der Waals surface area contributed by atoms with Crippen molar-refractivity contribution in [1.29, 1.82) is 0 Å². The van der Waals surface area contributed by atoms with E-state index in [1.54, 1.807) is 0 Å². The zero-order chi connectivity index (χ0) is 18.8. The Morgan fingerprint density at radius 3 is 2.89 bits per heavy atom. The summed E-state index contributed by atoms with van der Waals surface area (Å²) in [6.07, 6.45) is 12.8. The van der Waals surface area contributed by atoms with Crippen LogP contribution >= 0.6 is 11.6 Å². The number of hydrogen-bond donors (Lipinski definition) is 2. The van der Waals surface area contributed by atoms with Crippen LogP contribution in [0.3, 0.4) is 0 Å². The highest BCUT2D eigenvalue weighted by Gasteiger charge is 2.32. The molecule has 1 amide bonds. The van der Waals surface area contributed by atoms with Gasteiger partial charge in [-0.1, -0.05) is 43.7 Å². The number of rotatable bonds is 4. The Balaban J connectivity index is 1.35. The smallest absolute Gasteiger partial charge is 0.237 e. The molecule has 1 saturated carbocycles. The summed E-state index contributed by atoms with van der Waals surface area (Å²) in [7, 11) is 0. The van der Waals surface area contributed by atoms with E-state index in [9.17, 15) is 4.79 Å². The molecule has 2 aliphatic rings. The quantitative estimate of drug-likeness (QED) is 0.836. The van der Waals surface area contributed by atoms with Gasteiger partial charge in [0.2, 0.25) is 5.91 Å². The third kappa shape index (κ3) is 4.30. The van der Waals surface area contributed by atoms with Crippen molar-refractivity contribution >= 4 is 23.2 Å². The van der Waals surface area contributed by atoms with Gasteiger partial charge in [-0.25, -0.2) is 4.98 Å². The van der Waals surface area contributed by atoms with Gasteiger partial charge in [-0.15, -0.1) is 0 Å². The minimum absolute atomic E-state index is 0.0705. The SMILES string of the molecule is Cc1cc(Cl)cn2cc(CNC(=O)C3CC(C4CCCCC4)CCN3)nc12. The average molecular weight is 389 g/mol. The number of imidazole rings is 1. The van der Waals surface area contributed by atoms with Crippen LogP contribution in [0.15, 0.2) is 18.5 Å². The number of nitrogens with zero attached hydrogens (tertiary/aromatic N) is 2. The first-order valence-electron chi connectivity index (χ1n) is 10.2. The van der Waals surface area contributed by atoms with Gasteiger partial charge in [0.05, 0.1) is 23.3 Å². The van der Waals surface area contributed by atoms with E-state index < -0.39 is 0 Å². The van der Waals surface area contributed by atoms with Crippen molar-refractivity contribution in [3.05, 3.63) is 34.7 Å². The number of pyridine rings is 1. The number of piperidine rings is 1. The number of nitrogens with one attached hydrogen (secondary N) is 2. The van der Waals surface area contributed by atoms with E-state index in [2.05, 4.69) is 15.6 Å². The Morgan fingerprint density at radius 1 is 1.26 bits per heavy atom. The van der Waals surface area contributed by atoms with Crippen molar-refractivity contribution in [2.45, 2.75) is 64.5 Å². The van der Waals surface area contributed by atoms with Crippen LogP contribution in [-0.2, 0) is 11.3 Å². The number of hydrogen-bond acceptors (Lipinski definition) is 3. The van der Waals surface area contributed by atoms with Crippen molar-refractivity contribution in [3.63, 3.8) is 0 Å².